The lowest BCUT2D eigenvalue weighted by Crippen LogP contribution is -2.43. The monoisotopic (exact) mass is 314 g/mol. The second kappa shape index (κ2) is 5.83. The molecular formula is C16H27BrO. The minimum Gasteiger partial charge on any atom is -0.375 e. The van der Waals surface area contributed by atoms with Crippen molar-refractivity contribution in [2.24, 2.45) is 11.8 Å². The van der Waals surface area contributed by atoms with Crippen LogP contribution in [0.1, 0.15) is 70.6 Å². The predicted molar refractivity (Wildman–Crippen MR) is 79.2 cm³/mol. The van der Waals surface area contributed by atoms with E-state index < -0.39 is 0 Å². The molecule has 1 heterocycles. The van der Waals surface area contributed by atoms with Crippen molar-refractivity contribution in [3.05, 3.63) is 0 Å². The minimum absolute atomic E-state index is 0.306. The molecule has 3 unspecified atom stereocenters. The molecule has 3 aliphatic rings. The summed E-state index contributed by atoms with van der Waals surface area (Å²) in [6.45, 7) is 1.04. The normalized spacial score (nSPS) is 40.8. The predicted octanol–water partition coefficient (Wildman–Crippen LogP) is 5.07. The molecule has 18 heavy (non-hydrogen) atoms. The number of halogens is 1. The summed E-state index contributed by atoms with van der Waals surface area (Å²) in [7, 11) is 0. The largest absolute Gasteiger partial charge is 0.375 e. The van der Waals surface area contributed by atoms with Gasteiger partial charge in [-0.05, 0) is 50.4 Å². The fourth-order valence-corrected chi connectivity index (χ4v) is 5.41. The summed E-state index contributed by atoms with van der Waals surface area (Å²) in [6.07, 6.45) is 15.3. The molecule has 2 saturated carbocycles. The van der Waals surface area contributed by atoms with E-state index in [4.69, 9.17) is 4.74 Å². The molecule has 1 spiro atoms. The zero-order valence-corrected chi connectivity index (χ0v) is 13.1. The van der Waals surface area contributed by atoms with Crippen molar-refractivity contribution in [1.29, 1.82) is 0 Å². The van der Waals surface area contributed by atoms with Crippen molar-refractivity contribution in [2.75, 3.05) is 6.61 Å². The fourth-order valence-electron chi connectivity index (χ4n) is 4.61. The molecule has 3 atom stereocenters. The number of rotatable bonds is 1. The number of ether oxygens (including phenoxy) is 1. The SMILES string of the molecule is BrC1CCCC(C2CCOC3(CCCCC3)C2)C1. The first kappa shape index (κ1) is 13.4. The summed E-state index contributed by atoms with van der Waals surface area (Å²) in [5.41, 5.74) is 0.306. The van der Waals surface area contributed by atoms with Gasteiger partial charge in [-0.25, -0.2) is 0 Å². The summed E-state index contributed by atoms with van der Waals surface area (Å²) in [6, 6.07) is 0. The second-order valence-electron chi connectivity index (χ2n) is 6.87. The van der Waals surface area contributed by atoms with E-state index in [9.17, 15) is 0 Å². The molecule has 104 valence electrons. The molecule has 1 saturated heterocycles. The van der Waals surface area contributed by atoms with Crippen LogP contribution < -0.4 is 0 Å². The highest BCUT2D eigenvalue weighted by Crippen LogP contribution is 2.46. The Morgan fingerprint density at radius 2 is 1.72 bits per heavy atom. The van der Waals surface area contributed by atoms with Crippen LogP contribution in [0.2, 0.25) is 0 Å². The molecule has 1 nitrogen and oxygen atoms in total. The van der Waals surface area contributed by atoms with Gasteiger partial charge < -0.3 is 4.74 Å². The quantitative estimate of drug-likeness (QED) is 0.614. The van der Waals surface area contributed by atoms with Crippen molar-refractivity contribution in [1.82, 2.24) is 0 Å². The van der Waals surface area contributed by atoms with Crippen molar-refractivity contribution in [3.63, 3.8) is 0 Å². The van der Waals surface area contributed by atoms with E-state index in [1.165, 1.54) is 70.6 Å². The first-order valence-corrected chi connectivity index (χ1v) is 8.97. The van der Waals surface area contributed by atoms with Gasteiger partial charge in [0.1, 0.15) is 0 Å². The Kier molecular flexibility index (Phi) is 4.35. The zero-order chi connectivity index (χ0) is 12.4. The molecule has 0 bridgehead atoms. The van der Waals surface area contributed by atoms with Gasteiger partial charge in [0, 0.05) is 11.4 Å². The maximum absolute atomic E-state index is 6.24. The molecule has 3 rings (SSSR count). The van der Waals surface area contributed by atoms with Gasteiger partial charge in [-0.2, -0.15) is 0 Å². The summed E-state index contributed by atoms with van der Waals surface area (Å²) in [5, 5.41) is 0. The van der Waals surface area contributed by atoms with E-state index in [-0.39, 0.29) is 0 Å². The maximum atomic E-state index is 6.24. The standard InChI is InChI=1S/C16H27BrO/c17-15-6-4-5-13(11-15)14-7-10-18-16(12-14)8-2-1-3-9-16/h13-15H,1-12H2. The summed E-state index contributed by atoms with van der Waals surface area (Å²) in [5.74, 6) is 1.93. The second-order valence-corrected chi connectivity index (χ2v) is 8.16. The Labute approximate surface area is 120 Å². The Bertz CT molecular complexity index is 267. The van der Waals surface area contributed by atoms with Gasteiger partial charge in [0.05, 0.1) is 5.60 Å². The molecule has 0 aromatic carbocycles. The third-order valence-electron chi connectivity index (χ3n) is 5.61. The lowest BCUT2D eigenvalue weighted by molar-refractivity contribution is -0.126. The van der Waals surface area contributed by atoms with Crippen LogP contribution in [0.25, 0.3) is 0 Å². The van der Waals surface area contributed by atoms with Gasteiger partial charge in [-0.3, -0.25) is 0 Å². The first-order chi connectivity index (χ1) is 8.77. The third kappa shape index (κ3) is 2.95. The molecule has 2 heteroatoms. The average molecular weight is 315 g/mol. The molecule has 0 radical (unpaired) electrons. The molecule has 0 aromatic heterocycles. The highest BCUT2D eigenvalue weighted by Gasteiger charge is 2.41. The van der Waals surface area contributed by atoms with E-state index in [1.54, 1.807) is 0 Å². The van der Waals surface area contributed by atoms with Crippen LogP contribution in [0.15, 0.2) is 0 Å². The smallest absolute Gasteiger partial charge is 0.0685 e. The molecule has 0 aromatic rings. The van der Waals surface area contributed by atoms with Gasteiger partial charge in [0.2, 0.25) is 0 Å². The number of hydrogen-bond acceptors (Lipinski definition) is 1. The van der Waals surface area contributed by atoms with Crippen LogP contribution >= 0.6 is 15.9 Å². The molecular weight excluding hydrogens is 288 g/mol. The van der Waals surface area contributed by atoms with E-state index in [2.05, 4.69) is 15.9 Å². The van der Waals surface area contributed by atoms with Crippen LogP contribution in [0, 0.1) is 11.8 Å². The molecule has 1 aliphatic heterocycles. The van der Waals surface area contributed by atoms with E-state index in [1.807, 2.05) is 0 Å². The summed E-state index contributed by atoms with van der Waals surface area (Å²) in [4.78, 5) is 0.793. The van der Waals surface area contributed by atoms with Crippen LogP contribution in [-0.2, 0) is 4.74 Å². The van der Waals surface area contributed by atoms with E-state index in [0.29, 0.717) is 5.60 Å². The van der Waals surface area contributed by atoms with E-state index in [0.717, 1.165) is 23.3 Å². The summed E-state index contributed by atoms with van der Waals surface area (Å²) >= 11 is 3.85. The Hall–Kier alpha value is 0.440. The van der Waals surface area contributed by atoms with Crippen LogP contribution in [0.4, 0.5) is 0 Å². The lowest BCUT2D eigenvalue weighted by atomic mass is 9.69. The highest BCUT2D eigenvalue weighted by molar-refractivity contribution is 9.09. The average Bonchev–Trinajstić information content (AvgIpc) is 2.40. The van der Waals surface area contributed by atoms with Crippen LogP contribution in [0.5, 0.6) is 0 Å². The van der Waals surface area contributed by atoms with Gasteiger partial charge in [0.25, 0.3) is 0 Å². The Morgan fingerprint density at radius 3 is 2.50 bits per heavy atom. The lowest BCUT2D eigenvalue weighted by Gasteiger charge is -2.46. The third-order valence-corrected chi connectivity index (χ3v) is 6.44. The van der Waals surface area contributed by atoms with Crippen molar-refractivity contribution >= 4 is 15.9 Å². The van der Waals surface area contributed by atoms with Gasteiger partial charge in [-0.15, -0.1) is 0 Å². The summed E-state index contributed by atoms with van der Waals surface area (Å²) < 4.78 is 6.24. The fraction of sp³-hybridized carbons (Fsp3) is 1.00. The first-order valence-electron chi connectivity index (χ1n) is 8.05. The van der Waals surface area contributed by atoms with Gasteiger partial charge in [0.15, 0.2) is 0 Å². The van der Waals surface area contributed by atoms with Crippen LogP contribution in [-0.4, -0.2) is 17.0 Å². The number of alkyl halides is 1. The molecule has 2 aliphatic carbocycles. The van der Waals surface area contributed by atoms with Crippen molar-refractivity contribution < 1.29 is 4.74 Å². The molecule has 0 amide bonds. The number of hydrogen-bond donors (Lipinski definition) is 0. The maximum Gasteiger partial charge on any atom is 0.0685 e. The molecule has 0 N–H and O–H groups in total. The van der Waals surface area contributed by atoms with E-state index >= 15 is 0 Å². The topological polar surface area (TPSA) is 9.23 Å². The highest BCUT2D eigenvalue weighted by atomic mass is 79.9. The van der Waals surface area contributed by atoms with Crippen molar-refractivity contribution in [2.45, 2.75) is 81.1 Å². The van der Waals surface area contributed by atoms with Crippen LogP contribution in [0.3, 0.4) is 0 Å². The minimum atomic E-state index is 0.306. The van der Waals surface area contributed by atoms with Gasteiger partial charge in [-0.1, -0.05) is 48.0 Å². The molecule has 3 fully saturated rings. The zero-order valence-electron chi connectivity index (χ0n) is 11.5. The van der Waals surface area contributed by atoms with Gasteiger partial charge >= 0.3 is 0 Å². The Morgan fingerprint density at radius 1 is 0.889 bits per heavy atom. The Balaban J connectivity index is 1.62. The van der Waals surface area contributed by atoms with Crippen molar-refractivity contribution in [3.8, 4) is 0 Å².